The summed E-state index contributed by atoms with van der Waals surface area (Å²) in [6.07, 6.45) is 0.278. The summed E-state index contributed by atoms with van der Waals surface area (Å²) in [6.45, 7) is 9.35. The van der Waals surface area contributed by atoms with E-state index in [0.717, 1.165) is 35.3 Å². The molecule has 0 bridgehead atoms. The maximum atomic E-state index is 13.0. The highest BCUT2D eigenvalue weighted by Gasteiger charge is 2.27. The number of aromatic nitrogens is 1. The number of amides is 1. The Labute approximate surface area is 227 Å². The average Bonchev–Trinajstić information content (AvgIpc) is 3.25. The van der Waals surface area contributed by atoms with Gasteiger partial charge >= 0.3 is 11.0 Å². The quantitative estimate of drug-likeness (QED) is 0.250. The number of aliphatic hydroxyl groups excluding tert-OH is 1. The summed E-state index contributed by atoms with van der Waals surface area (Å²) < 4.78 is 11.6. The smallest absolute Gasteiger partial charge is 0.410 e. The molecule has 0 aliphatic rings. The van der Waals surface area contributed by atoms with Gasteiger partial charge in [0.25, 0.3) is 0 Å². The summed E-state index contributed by atoms with van der Waals surface area (Å²) in [5.74, 6) is -0.0140. The maximum absolute atomic E-state index is 13.0. The summed E-state index contributed by atoms with van der Waals surface area (Å²) in [4.78, 5) is 28.8. The molecule has 208 valence electrons. The first-order chi connectivity index (χ1) is 18.0. The van der Waals surface area contributed by atoms with Crippen LogP contribution in [-0.4, -0.2) is 64.6 Å². The van der Waals surface area contributed by atoms with E-state index in [9.17, 15) is 19.8 Å². The van der Waals surface area contributed by atoms with Gasteiger partial charge in [0, 0.05) is 25.8 Å². The number of ether oxygens (including phenoxy) is 2. The maximum Gasteiger partial charge on any atom is 0.410 e. The van der Waals surface area contributed by atoms with E-state index in [0.29, 0.717) is 42.0 Å². The molecule has 0 saturated heterocycles. The Bertz CT molecular complexity index is 1270. The molecule has 0 spiro atoms. The van der Waals surface area contributed by atoms with Crippen molar-refractivity contribution < 1.29 is 24.5 Å². The first-order valence-corrected chi connectivity index (χ1v) is 13.6. The number of fused-ring (bicyclic) bond motifs is 1. The third-order valence-corrected chi connectivity index (χ3v) is 7.05. The lowest BCUT2D eigenvalue weighted by atomic mass is 10.1. The van der Waals surface area contributed by atoms with E-state index in [1.54, 1.807) is 18.1 Å². The van der Waals surface area contributed by atoms with E-state index in [2.05, 4.69) is 16.4 Å². The Hall–Kier alpha value is -2.92. The van der Waals surface area contributed by atoms with Gasteiger partial charge in [-0.05, 0) is 57.4 Å². The van der Waals surface area contributed by atoms with Crippen molar-refractivity contribution in [3.05, 3.63) is 62.8 Å². The summed E-state index contributed by atoms with van der Waals surface area (Å²) in [5.41, 5.74) is 2.45. The van der Waals surface area contributed by atoms with E-state index < -0.39 is 11.7 Å². The number of aromatic hydroxyl groups is 1. The molecule has 4 N–H and O–H groups in total. The van der Waals surface area contributed by atoms with Crippen LogP contribution >= 0.6 is 11.3 Å². The number of carbonyl (C=O) groups is 1. The molecule has 1 amide bonds. The Morgan fingerprint density at radius 1 is 1.21 bits per heavy atom. The number of thiazole rings is 1. The lowest BCUT2D eigenvalue weighted by molar-refractivity contribution is 0.00277. The minimum Gasteiger partial charge on any atom is -0.506 e. The average molecular weight is 546 g/mol. The molecule has 3 rings (SSSR count). The van der Waals surface area contributed by atoms with Crippen LogP contribution in [0.1, 0.15) is 56.9 Å². The number of nitrogens with zero attached hydrogens (tertiary/aromatic N) is 1. The molecule has 1 heterocycles. The molecule has 0 aliphatic carbocycles. The molecule has 0 saturated carbocycles. The van der Waals surface area contributed by atoms with E-state index in [1.165, 1.54) is 6.07 Å². The van der Waals surface area contributed by atoms with Crippen molar-refractivity contribution in [1.29, 1.82) is 0 Å². The van der Waals surface area contributed by atoms with Crippen LogP contribution in [-0.2, 0) is 22.4 Å². The van der Waals surface area contributed by atoms with E-state index in [1.807, 2.05) is 45.9 Å². The highest BCUT2D eigenvalue weighted by Crippen LogP contribution is 2.31. The molecule has 1 aromatic heterocycles. The standard InChI is InChI=1S/C28H39N3O6S/c1-6-20(17-36-5)31(27(35)37-28(2,3)4)16-19-9-7-8-18(14-19)12-13-29-15-23(33)21-10-11-22(32)24-25(21)38-26(34)30-24/h7-11,14,20,23,29,32-33H,6,12-13,15-17H2,1-5H3,(H,30,34)/t20-,23?/m0/s1. The number of benzene rings is 2. The fourth-order valence-corrected chi connectivity index (χ4v) is 5.17. The highest BCUT2D eigenvalue weighted by atomic mass is 32.1. The molecule has 10 heteroatoms. The lowest BCUT2D eigenvalue weighted by Gasteiger charge is -2.33. The number of H-pyrrole nitrogens is 1. The van der Waals surface area contributed by atoms with Gasteiger partial charge in [0.2, 0.25) is 0 Å². The van der Waals surface area contributed by atoms with Crippen molar-refractivity contribution in [3.8, 4) is 5.75 Å². The molecule has 9 nitrogen and oxygen atoms in total. The molecule has 2 aromatic carbocycles. The van der Waals surface area contributed by atoms with Gasteiger partial charge in [-0.15, -0.1) is 0 Å². The van der Waals surface area contributed by atoms with E-state index >= 15 is 0 Å². The Morgan fingerprint density at radius 2 is 1.95 bits per heavy atom. The second-order valence-electron chi connectivity index (χ2n) is 10.3. The topological polar surface area (TPSA) is 124 Å². The van der Waals surface area contributed by atoms with Gasteiger partial charge in [-0.1, -0.05) is 48.6 Å². The number of nitrogens with one attached hydrogen (secondary N) is 2. The van der Waals surface area contributed by atoms with Gasteiger partial charge in [-0.25, -0.2) is 4.79 Å². The number of phenolic OH excluding ortho intramolecular Hbond substituents is 1. The SMILES string of the molecule is CC[C@@H](COC)N(Cc1cccc(CCNCC(O)c2ccc(O)c3[nH]c(=O)sc23)c1)C(=O)OC(C)(C)C. The zero-order valence-electron chi connectivity index (χ0n) is 22.7. The summed E-state index contributed by atoms with van der Waals surface area (Å²) in [5, 5.41) is 23.9. The lowest BCUT2D eigenvalue weighted by Crippen LogP contribution is -2.44. The molecule has 38 heavy (non-hydrogen) atoms. The molecule has 2 atom stereocenters. The molecule has 3 aromatic rings. The van der Waals surface area contributed by atoms with Crippen molar-refractivity contribution in [2.24, 2.45) is 0 Å². The number of methoxy groups -OCH3 is 1. The van der Waals surface area contributed by atoms with Gasteiger partial charge in [0.15, 0.2) is 0 Å². The third-order valence-electron chi connectivity index (χ3n) is 6.12. The van der Waals surface area contributed by atoms with Crippen molar-refractivity contribution >= 4 is 27.6 Å². The molecule has 0 aliphatic heterocycles. The number of rotatable bonds is 12. The molecule has 0 radical (unpaired) electrons. The normalized spacial score (nSPS) is 13.4. The number of carbonyl (C=O) groups excluding carboxylic acids is 1. The minimum atomic E-state index is -0.829. The molecule has 0 fully saturated rings. The molecule has 1 unspecified atom stereocenters. The summed E-state index contributed by atoms with van der Waals surface area (Å²) in [6, 6.07) is 11.1. The zero-order valence-corrected chi connectivity index (χ0v) is 23.6. The zero-order chi connectivity index (χ0) is 27.9. The second-order valence-corrected chi connectivity index (χ2v) is 11.3. The Balaban J connectivity index is 1.61. The van der Waals surface area contributed by atoms with Crippen LogP contribution in [0.3, 0.4) is 0 Å². The van der Waals surface area contributed by atoms with Crippen molar-refractivity contribution in [2.45, 2.75) is 64.8 Å². The Morgan fingerprint density at radius 3 is 2.63 bits per heavy atom. The van der Waals surface area contributed by atoms with Crippen molar-refractivity contribution in [2.75, 3.05) is 26.8 Å². The number of hydrogen-bond donors (Lipinski definition) is 4. The van der Waals surface area contributed by atoms with Crippen LogP contribution in [0.4, 0.5) is 4.79 Å². The van der Waals surface area contributed by atoms with Crippen LogP contribution in [0.2, 0.25) is 0 Å². The molecular formula is C28H39N3O6S. The van der Waals surface area contributed by atoms with Crippen LogP contribution in [0.15, 0.2) is 41.2 Å². The first-order valence-electron chi connectivity index (χ1n) is 12.8. The molecular weight excluding hydrogens is 506 g/mol. The van der Waals surface area contributed by atoms with Crippen molar-refractivity contribution in [1.82, 2.24) is 15.2 Å². The van der Waals surface area contributed by atoms with Gasteiger partial charge in [0.1, 0.15) is 16.9 Å². The first kappa shape index (κ1) is 29.6. The number of phenols is 1. The van der Waals surface area contributed by atoms with Gasteiger partial charge < -0.3 is 30.0 Å². The Kier molecular flexibility index (Phi) is 10.3. The number of aromatic amines is 1. The fraction of sp³-hybridized carbons (Fsp3) is 0.500. The van der Waals surface area contributed by atoms with Gasteiger partial charge in [-0.2, -0.15) is 0 Å². The predicted octanol–water partition coefficient (Wildman–Crippen LogP) is 4.32. The largest absolute Gasteiger partial charge is 0.506 e. The predicted molar refractivity (Wildman–Crippen MR) is 150 cm³/mol. The van der Waals surface area contributed by atoms with Crippen LogP contribution in [0.5, 0.6) is 5.75 Å². The van der Waals surface area contributed by atoms with E-state index in [-0.39, 0.29) is 22.8 Å². The van der Waals surface area contributed by atoms with Gasteiger partial charge in [-0.3, -0.25) is 9.69 Å². The van der Waals surface area contributed by atoms with Crippen LogP contribution in [0, 0.1) is 0 Å². The van der Waals surface area contributed by atoms with E-state index in [4.69, 9.17) is 9.47 Å². The van der Waals surface area contributed by atoms with Crippen LogP contribution in [0.25, 0.3) is 10.2 Å². The second kappa shape index (κ2) is 13.2. The fourth-order valence-electron chi connectivity index (χ4n) is 4.25. The van der Waals surface area contributed by atoms with Crippen molar-refractivity contribution in [3.63, 3.8) is 0 Å². The minimum absolute atomic E-state index is 0.0140. The summed E-state index contributed by atoms with van der Waals surface area (Å²) >= 11 is 0.971. The highest BCUT2D eigenvalue weighted by molar-refractivity contribution is 7.16. The number of hydrogen-bond acceptors (Lipinski definition) is 8. The van der Waals surface area contributed by atoms with Crippen LogP contribution < -0.4 is 10.2 Å². The van der Waals surface area contributed by atoms with Gasteiger partial charge in [0.05, 0.1) is 23.5 Å². The summed E-state index contributed by atoms with van der Waals surface area (Å²) in [7, 11) is 1.63. The third kappa shape index (κ3) is 8.04. The monoisotopic (exact) mass is 545 g/mol. The number of aliphatic hydroxyl groups is 1.